The van der Waals surface area contributed by atoms with E-state index in [2.05, 4.69) is 4.98 Å². The van der Waals surface area contributed by atoms with E-state index in [1.165, 1.54) is 18.2 Å². The van der Waals surface area contributed by atoms with E-state index >= 15 is 0 Å². The largest absolute Gasteiger partial charge is 0.489 e. The summed E-state index contributed by atoms with van der Waals surface area (Å²) >= 11 is 6.44. The van der Waals surface area contributed by atoms with Crippen LogP contribution >= 0.6 is 11.6 Å². The number of hydrogen-bond donors (Lipinski definition) is 0. The zero-order valence-electron chi connectivity index (χ0n) is 18.2. The molecule has 0 amide bonds. The number of aromatic nitrogens is 1. The Morgan fingerprint density at radius 3 is 2.41 bits per heavy atom. The lowest BCUT2D eigenvalue weighted by Crippen LogP contribution is -2.07. The Hall–Kier alpha value is -3.10. The molecule has 3 aromatic carbocycles. The maximum atomic E-state index is 13.6. The monoisotopic (exact) mass is 505 g/mol. The molecule has 0 unspecified atom stereocenters. The van der Waals surface area contributed by atoms with E-state index in [0.29, 0.717) is 38.5 Å². The average molecular weight is 506 g/mol. The molecule has 9 heteroatoms. The van der Waals surface area contributed by atoms with E-state index < -0.39 is 21.6 Å². The standard InChI is InChI=1S/C25H19ClF3NO3S/c1-15-11-20(19-7-4-8-22(24(19)30-15)25(27,28)29)21-13-17(9-10-23(21)26)33-14-16-5-3-6-18(12-16)34(2,31)32/h3-13H,14H2,1-2H3. The van der Waals surface area contributed by atoms with Crippen LogP contribution in [0, 0.1) is 6.92 Å². The van der Waals surface area contributed by atoms with E-state index in [4.69, 9.17) is 16.3 Å². The Morgan fingerprint density at radius 2 is 1.71 bits per heavy atom. The summed E-state index contributed by atoms with van der Waals surface area (Å²) in [7, 11) is -3.35. The first-order valence-corrected chi connectivity index (χ1v) is 12.4. The van der Waals surface area contributed by atoms with Crippen molar-refractivity contribution in [1.82, 2.24) is 4.98 Å². The normalized spacial score (nSPS) is 12.2. The van der Waals surface area contributed by atoms with Gasteiger partial charge in [0.2, 0.25) is 0 Å². The highest BCUT2D eigenvalue weighted by Crippen LogP contribution is 2.40. The van der Waals surface area contributed by atoms with Crippen molar-refractivity contribution in [1.29, 1.82) is 0 Å². The predicted octanol–water partition coefficient (Wildman–Crippen LogP) is 6.86. The lowest BCUT2D eigenvalue weighted by molar-refractivity contribution is -0.136. The molecule has 0 saturated carbocycles. The quantitative estimate of drug-likeness (QED) is 0.297. The van der Waals surface area contributed by atoms with Crippen LogP contribution in [0.3, 0.4) is 0 Å². The molecule has 0 spiro atoms. The van der Waals surface area contributed by atoms with Gasteiger partial charge >= 0.3 is 6.18 Å². The van der Waals surface area contributed by atoms with Crippen LogP contribution in [0.25, 0.3) is 22.0 Å². The van der Waals surface area contributed by atoms with Crippen LogP contribution in [0.2, 0.25) is 5.02 Å². The van der Waals surface area contributed by atoms with Gasteiger partial charge in [0.15, 0.2) is 9.84 Å². The summed E-state index contributed by atoms with van der Waals surface area (Å²) in [4.78, 5) is 4.33. The Morgan fingerprint density at radius 1 is 0.971 bits per heavy atom. The number of rotatable bonds is 5. The molecule has 0 aliphatic rings. The van der Waals surface area contributed by atoms with Gasteiger partial charge in [-0.1, -0.05) is 35.9 Å². The number of fused-ring (bicyclic) bond motifs is 1. The van der Waals surface area contributed by atoms with Gasteiger partial charge in [0.1, 0.15) is 12.4 Å². The number of halogens is 4. The summed E-state index contributed by atoms with van der Waals surface area (Å²) in [5.74, 6) is 0.429. The van der Waals surface area contributed by atoms with Gasteiger partial charge in [-0.05, 0) is 60.5 Å². The van der Waals surface area contributed by atoms with Gasteiger partial charge in [0, 0.05) is 27.9 Å². The molecular weight excluding hydrogens is 487 g/mol. The number of alkyl halides is 3. The third-order valence-corrected chi connectivity index (χ3v) is 6.67. The van der Waals surface area contributed by atoms with E-state index in [9.17, 15) is 21.6 Å². The fourth-order valence-corrected chi connectivity index (χ4v) is 4.57. The van der Waals surface area contributed by atoms with Crippen LogP contribution in [-0.4, -0.2) is 19.7 Å². The first-order chi connectivity index (χ1) is 15.9. The molecule has 4 nitrogen and oxygen atoms in total. The Labute approximate surface area is 199 Å². The van der Waals surface area contributed by atoms with Crippen LogP contribution in [0.1, 0.15) is 16.8 Å². The zero-order chi connectivity index (χ0) is 24.7. The zero-order valence-corrected chi connectivity index (χ0v) is 19.7. The third kappa shape index (κ3) is 5.03. The topological polar surface area (TPSA) is 56.3 Å². The molecule has 176 valence electrons. The molecule has 0 N–H and O–H groups in total. The van der Waals surface area contributed by atoms with Crippen LogP contribution in [0.4, 0.5) is 13.2 Å². The first kappa shape index (κ1) is 24.0. The van der Waals surface area contributed by atoms with Gasteiger partial charge < -0.3 is 4.74 Å². The minimum absolute atomic E-state index is 0.0960. The van der Waals surface area contributed by atoms with E-state index in [0.717, 1.165) is 12.3 Å². The van der Waals surface area contributed by atoms with Crippen molar-refractivity contribution in [2.24, 2.45) is 0 Å². The van der Waals surface area contributed by atoms with Gasteiger partial charge in [-0.15, -0.1) is 0 Å². The Bertz CT molecular complexity index is 1500. The van der Waals surface area contributed by atoms with Gasteiger partial charge in [-0.25, -0.2) is 8.42 Å². The smallest absolute Gasteiger partial charge is 0.418 e. The van der Waals surface area contributed by atoms with Crippen molar-refractivity contribution in [2.75, 3.05) is 6.26 Å². The van der Waals surface area contributed by atoms with Gasteiger partial charge in [0.25, 0.3) is 0 Å². The summed E-state index contributed by atoms with van der Waals surface area (Å²) in [6.45, 7) is 1.72. The minimum atomic E-state index is -4.55. The van der Waals surface area contributed by atoms with Gasteiger partial charge in [0.05, 0.1) is 16.0 Å². The molecule has 0 bridgehead atoms. The summed E-state index contributed by atoms with van der Waals surface area (Å²) in [6.07, 6.45) is -3.42. The minimum Gasteiger partial charge on any atom is -0.489 e. The maximum Gasteiger partial charge on any atom is 0.418 e. The van der Waals surface area contributed by atoms with Crippen molar-refractivity contribution in [3.63, 3.8) is 0 Å². The van der Waals surface area contributed by atoms with Crippen LogP contribution < -0.4 is 4.74 Å². The van der Waals surface area contributed by atoms with E-state index in [1.807, 2.05) is 0 Å². The fraction of sp³-hybridized carbons (Fsp3) is 0.160. The molecule has 1 heterocycles. The number of para-hydroxylation sites is 1. The van der Waals surface area contributed by atoms with E-state index in [-0.39, 0.29) is 17.0 Å². The lowest BCUT2D eigenvalue weighted by Gasteiger charge is -2.15. The second kappa shape index (κ2) is 8.92. The molecule has 0 atom stereocenters. The maximum absolute atomic E-state index is 13.6. The number of nitrogens with zero attached hydrogens (tertiary/aromatic N) is 1. The second-order valence-corrected chi connectivity index (χ2v) is 10.3. The Kier molecular flexibility index (Phi) is 6.31. The number of benzene rings is 3. The fourth-order valence-electron chi connectivity index (χ4n) is 3.66. The van der Waals surface area contributed by atoms with Crippen LogP contribution in [-0.2, 0) is 22.6 Å². The Balaban J connectivity index is 1.74. The third-order valence-electron chi connectivity index (χ3n) is 5.23. The number of pyridine rings is 1. The average Bonchev–Trinajstić information content (AvgIpc) is 2.76. The molecule has 34 heavy (non-hydrogen) atoms. The summed E-state index contributed by atoms with van der Waals surface area (Å²) < 4.78 is 70.1. The van der Waals surface area contributed by atoms with Crippen LogP contribution in [0.15, 0.2) is 71.6 Å². The molecule has 0 radical (unpaired) electrons. The van der Waals surface area contributed by atoms with Crippen molar-refractivity contribution >= 4 is 32.3 Å². The molecule has 4 aromatic rings. The van der Waals surface area contributed by atoms with Crippen molar-refractivity contribution < 1.29 is 26.3 Å². The van der Waals surface area contributed by atoms with E-state index in [1.54, 1.807) is 49.4 Å². The lowest BCUT2D eigenvalue weighted by atomic mass is 9.97. The first-order valence-electron chi connectivity index (χ1n) is 10.1. The summed E-state index contributed by atoms with van der Waals surface area (Å²) in [5, 5.41) is 0.663. The molecule has 0 saturated heterocycles. The molecule has 0 aliphatic heterocycles. The van der Waals surface area contributed by atoms with Gasteiger partial charge in [-0.2, -0.15) is 13.2 Å². The van der Waals surface area contributed by atoms with Crippen molar-refractivity contribution in [2.45, 2.75) is 24.6 Å². The SMILES string of the molecule is Cc1cc(-c2cc(OCc3cccc(S(C)(=O)=O)c3)ccc2Cl)c2cccc(C(F)(F)F)c2n1. The van der Waals surface area contributed by atoms with Gasteiger partial charge in [-0.3, -0.25) is 4.98 Å². The second-order valence-electron chi connectivity index (χ2n) is 7.86. The van der Waals surface area contributed by atoms with Crippen molar-refractivity contribution in [3.8, 4) is 16.9 Å². The molecule has 0 fully saturated rings. The number of aryl methyl sites for hydroxylation is 1. The molecule has 0 aliphatic carbocycles. The highest BCUT2D eigenvalue weighted by molar-refractivity contribution is 7.90. The molecular formula is C25H19ClF3NO3S. The predicted molar refractivity (Wildman–Crippen MR) is 126 cm³/mol. The summed E-state index contributed by atoms with van der Waals surface area (Å²) in [6, 6.07) is 16.9. The highest BCUT2D eigenvalue weighted by atomic mass is 35.5. The van der Waals surface area contributed by atoms with Crippen molar-refractivity contribution in [3.05, 3.63) is 88.6 Å². The number of hydrogen-bond acceptors (Lipinski definition) is 4. The molecule has 1 aromatic heterocycles. The number of sulfone groups is 1. The van der Waals surface area contributed by atoms with Crippen LogP contribution in [0.5, 0.6) is 5.75 Å². The number of ether oxygens (including phenoxy) is 1. The highest BCUT2D eigenvalue weighted by Gasteiger charge is 2.33. The summed E-state index contributed by atoms with van der Waals surface area (Å²) in [5.41, 5.74) is 1.11. The molecule has 4 rings (SSSR count).